The number of pyridine rings is 1. The van der Waals surface area contributed by atoms with Crippen molar-refractivity contribution in [1.29, 1.82) is 0 Å². The van der Waals surface area contributed by atoms with Crippen molar-refractivity contribution in [2.24, 2.45) is 0 Å². The molecule has 29 heavy (non-hydrogen) atoms. The first-order valence-corrected chi connectivity index (χ1v) is 10.1. The fourth-order valence-electron chi connectivity index (χ4n) is 3.82. The van der Waals surface area contributed by atoms with Crippen LogP contribution in [0.25, 0.3) is 10.9 Å². The minimum Gasteiger partial charge on any atom is -0.494 e. The zero-order chi connectivity index (χ0) is 20.2. The van der Waals surface area contributed by atoms with Crippen LogP contribution in [0.15, 0.2) is 36.5 Å². The van der Waals surface area contributed by atoms with Crippen molar-refractivity contribution in [3.05, 3.63) is 53.5 Å². The second-order valence-corrected chi connectivity index (χ2v) is 7.46. The van der Waals surface area contributed by atoms with Crippen LogP contribution in [0.2, 0.25) is 0 Å². The van der Waals surface area contributed by atoms with E-state index in [1.807, 2.05) is 31.3 Å². The highest BCUT2D eigenvalue weighted by Crippen LogP contribution is 2.27. The maximum absolute atomic E-state index is 12.7. The number of hydrogen-bond acceptors (Lipinski definition) is 5. The number of nitrogens with one attached hydrogen (secondary N) is 1. The van der Waals surface area contributed by atoms with Crippen LogP contribution in [0.1, 0.15) is 29.8 Å². The molecule has 0 fully saturated rings. The number of carbonyl (C=O) groups excluding carboxylic acids is 1. The molecule has 0 atom stereocenters. The molecule has 0 saturated heterocycles. The highest BCUT2D eigenvalue weighted by atomic mass is 16.5. The number of methoxy groups -OCH3 is 1. The summed E-state index contributed by atoms with van der Waals surface area (Å²) in [5.41, 5.74) is 4.08. The van der Waals surface area contributed by atoms with Gasteiger partial charge in [0.25, 0.3) is 0 Å². The molecule has 0 aliphatic carbocycles. The molecule has 1 aliphatic heterocycles. The van der Waals surface area contributed by atoms with Gasteiger partial charge in [-0.15, -0.1) is 0 Å². The molecular weight excluding hydrogens is 366 g/mol. The van der Waals surface area contributed by atoms with Gasteiger partial charge in [-0.2, -0.15) is 5.10 Å². The van der Waals surface area contributed by atoms with Gasteiger partial charge in [-0.05, 0) is 36.7 Å². The van der Waals surface area contributed by atoms with E-state index >= 15 is 0 Å². The number of ether oxygens (including phenoxy) is 1. The first-order valence-electron chi connectivity index (χ1n) is 10.1. The Morgan fingerprint density at radius 3 is 3.10 bits per heavy atom. The summed E-state index contributed by atoms with van der Waals surface area (Å²) in [4.78, 5) is 18.9. The van der Waals surface area contributed by atoms with E-state index in [-0.39, 0.29) is 5.91 Å². The van der Waals surface area contributed by atoms with E-state index in [0.717, 1.165) is 54.0 Å². The molecule has 3 heterocycles. The highest BCUT2D eigenvalue weighted by molar-refractivity contribution is 5.88. The van der Waals surface area contributed by atoms with Gasteiger partial charge in [-0.1, -0.05) is 12.1 Å². The zero-order valence-electron chi connectivity index (χ0n) is 17.0. The lowest BCUT2D eigenvalue weighted by molar-refractivity contribution is -0.130. The normalized spacial score (nSPS) is 13.7. The lowest BCUT2D eigenvalue weighted by Crippen LogP contribution is -2.26. The van der Waals surface area contributed by atoms with Gasteiger partial charge < -0.3 is 15.0 Å². The van der Waals surface area contributed by atoms with Crippen LogP contribution < -0.4 is 10.1 Å². The maximum Gasteiger partial charge on any atom is 0.223 e. The Morgan fingerprint density at radius 1 is 1.34 bits per heavy atom. The average molecular weight is 393 g/mol. The van der Waals surface area contributed by atoms with E-state index in [1.54, 1.807) is 18.2 Å². The van der Waals surface area contributed by atoms with Crippen molar-refractivity contribution in [2.45, 2.75) is 38.9 Å². The number of aromatic nitrogens is 3. The predicted molar refractivity (Wildman–Crippen MR) is 112 cm³/mol. The molecule has 1 aliphatic rings. The zero-order valence-corrected chi connectivity index (χ0v) is 17.0. The summed E-state index contributed by atoms with van der Waals surface area (Å²) in [5, 5.41) is 9.08. The Kier molecular flexibility index (Phi) is 5.76. The lowest BCUT2D eigenvalue weighted by atomic mass is 10.1. The quantitative estimate of drug-likeness (QED) is 0.697. The molecule has 0 spiro atoms. The number of carbonyl (C=O) groups is 1. The second-order valence-electron chi connectivity index (χ2n) is 7.46. The molecule has 7 nitrogen and oxygen atoms in total. The van der Waals surface area contributed by atoms with Gasteiger partial charge in [-0.25, -0.2) is 0 Å². The molecule has 1 amide bonds. The molecule has 0 unspecified atom stereocenters. The number of hydrogen-bond donors (Lipinski definition) is 1. The van der Waals surface area contributed by atoms with Gasteiger partial charge in [0.2, 0.25) is 5.91 Å². The SMILES string of the molecule is COc1ccc(CN(C)C(=O)CCc2cc3n(n2)CCCNC3)c2cccnc12. The van der Waals surface area contributed by atoms with Gasteiger partial charge in [0.05, 0.1) is 18.5 Å². The Bertz CT molecular complexity index is 990. The fourth-order valence-corrected chi connectivity index (χ4v) is 3.82. The van der Waals surface area contributed by atoms with Crippen LogP contribution in [0.5, 0.6) is 5.75 Å². The first-order chi connectivity index (χ1) is 14.2. The molecule has 4 rings (SSSR count). The number of nitrogens with zero attached hydrogens (tertiary/aromatic N) is 4. The van der Waals surface area contributed by atoms with E-state index in [9.17, 15) is 4.79 Å². The molecule has 0 bridgehead atoms. The summed E-state index contributed by atoms with van der Waals surface area (Å²) in [7, 11) is 3.49. The third-order valence-electron chi connectivity index (χ3n) is 5.41. The largest absolute Gasteiger partial charge is 0.494 e. The number of aryl methyl sites for hydroxylation is 2. The van der Waals surface area contributed by atoms with Crippen molar-refractivity contribution in [2.75, 3.05) is 20.7 Å². The molecule has 1 N–H and O–H groups in total. The molecule has 152 valence electrons. The minimum absolute atomic E-state index is 0.110. The maximum atomic E-state index is 12.7. The molecule has 2 aromatic heterocycles. The smallest absolute Gasteiger partial charge is 0.223 e. The number of benzene rings is 1. The van der Waals surface area contributed by atoms with Crippen LogP contribution in [0.4, 0.5) is 0 Å². The summed E-state index contributed by atoms with van der Waals surface area (Å²) < 4.78 is 7.48. The van der Waals surface area contributed by atoms with Crippen LogP contribution in [0.3, 0.4) is 0 Å². The van der Waals surface area contributed by atoms with E-state index in [0.29, 0.717) is 19.4 Å². The van der Waals surface area contributed by atoms with Crippen LogP contribution in [-0.4, -0.2) is 46.3 Å². The fraction of sp³-hybridized carbons (Fsp3) is 0.409. The molecule has 7 heteroatoms. The summed E-state index contributed by atoms with van der Waals surface area (Å²) >= 11 is 0. The minimum atomic E-state index is 0.110. The Hall–Kier alpha value is -2.93. The summed E-state index contributed by atoms with van der Waals surface area (Å²) in [6.07, 6.45) is 3.95. The summed E-state index contributed by atoms with van der Waals surface area (Å²) in [6, 6.07) is 9.96. The monoisotopic (exact) mass is 393 g/mol. The second kappa shape index (κ2) is 8.61. The van der Waals surface area contributed by atoms with Gasteiger partial charge in [0, 0.05) is 51.1 Å². The van der Waals surface area contributed by atoms with Gasteiger partial charge >= 0.3 is 0 Å². The predicted octanol–water partition coefficient (Wildman–Crippen LogP) is 2.52. The molecule has 0 radical (unpaired) electrons. The Balaban J connectivity index is 1.41. The summed E-state index contributed by atoms with van der Waals surface area (Å²) in [5.74, 6) is 0.853. The molecular formula is C22H27N5O2. The van der Waals surface area contributed by atoms with Crippen molar-refractivity contribution in [3.63, 3.8) is 0 Å². The number of fused-ring (bicyclic) bond motifs is 2. The number of amides is 1. The van der Waals surface area contributed by atoms with Crippen molar-refractivity contribution in [1.82, 2.24) is 25.0 Å². The third kappa shape index (κ3) is 4.24. The first kappa shape index (κ1) is 19.4. The van der Waals surface area contributed by atoms with Gasteiger partial charge in [0.15, 0.2) is 0 Å². The van der Waals surface area contributed by atoms with Crippen LogP contribution in [-0.2, 0) is 30.8 Å². The standard InChI is InChI=1S/C22H27N5O2/c1-26(15-16-6-8-20(29-2)22-19(16)5-3-11-24-22)21(28)9-7-17-13-18-14-23-10-4-12-27(18)25-17/h3,5-6,8,11,13,23H,4,7,9-10,12,14-15H2,1-2H3. The van der Waals surface area contributed by atoms with E-state index in [1.165, 1.54) is 5.69 Å². The Morgan fingerprint density at radius 2 is 2.24 bits per heavy atom. The third-order valence-corrected chi connectivity index (χ3v) is 5.41. The van der Waals surface area contributed by atoms with Gasteiger partial charge in [-0.3, -0.25) is 14.5 Å². The molecule has 0 saturated carbocycles. The van der Waals surface area contributed by atoms with Crippen molar-refractivity contribution >= 4 is 16.8 Å². The topological polar surface area (TPSA) is 72.3 Å². The number of rotatable bonds is 6. The molecule has 1 aromatic carbocycles. The average Bonchev–Trinajstić information content (AvgIpc) is 3.01. The Labute approximate surface area is 170 Å². The molecule has 3 aromatic rings. The van der Waals surface area contributed by atoms with E-state index in [2.05, 4.69) is 26.1 Å². The van der Waals surface area contributed by atoms with Crippen molar-refractivity contribution < 1.29 is 9.53 Å². The van der Waals surface area contributed by atoms with Gasteiger partial charge in [0.1, 0.15) is 11.3 Å². The van der Waals surface area contributed by atoms with Crippen molar-refractivity contribution in [3.8, 4) is 5.75 Å². The summed E-state index contributed by atoms with van der Waals surface area (Å²) in [6.45, 7) is 3.35. The highest BCUT2D eigenvalue weighted by Gasteiger charge is 2.15. The van der Waals surface area contributed by atoms with E-state index < -0.39 is 0 Å². The van der Waals surface area contributed by atoms with E-state index in [4.69, 9.17) is 4.74 Å². The lowest BCUT2D eigenvalue weighted by Gasteiger charge is -2.19. The van der Waals surface area contributed by atoms with Crippen LogP contribution in [0, 0.1) is 0 Å². The van der Waals surface area contributed by atoms with Crippen LogP contribution >= 0.6 is 0 Å².